The Morgan fingerprint density at radius 2 is 1.76 bits per heavy atom. The van der Waals surface area contributed by atoms with Gasteiger partial charge in [-0.1, -0.05) is 47.1 Å². The van der Waals surface area contributed by atoms with E-state index in [-0.39, 0.29) is 39.8 Å². The molecule has 3 saturated carbocycles. The fourth-order valence-corrected chi connectivity index (χ4v) is 10.6. The number of hydrogen-bond donors (Lipinski definition) is 1. The van der Waals surface area contributed by atoms with Crippen molar-refractivity contribution in [2.45, 2.75) is 138 Å². The van der Waals surface area contributed by atoms with Crippen molar-refractivity contribution in [2.24, 2.45) is 39.4 Å². The molecule has 1 N–H and O–H groups in total. The Hall–Kier alpha value is -1.20. The van der Waals surface area contributed by atoms with E-state index in [0.29, 0.717) is 23.5 Å². The summed E-state index contributed by atoms with van der Waals surface area (Å²) >= 11 is 0. The zero-order chi connectivity index (χ0) is 27.3. The molecule has 5 heteroatoms. The molecular formula is C32H50O5. The summed E-state index contributed by atoms with van der Waals surface area (Å²) in [6.45, 7) is 19.1. The van der Waals surface area contributed by atoms with Crippen LogP contribution in [0.15, 0.2) is 11.1 Å². The summed E-state index contributed by atoms with van der Waals surface area (Å²) in [5, 5.41) is 10.9. The van der Waals surface area contributed by atoms with Gasteiger partial charge in [-0.15, -0.1) is 0 Å². The fraction of sp³-hybridized carbons (Fsp3) is 0.875. The third-order valence-corrected chi connectivity index (χ3v) is 12.5. The van der Waals surface area contributed by atoms with E-state index in [1.165, 1.54) is 18.9 Å². The maximum atomic E-state index is 13.0. The third kappa shape index (κ3) is 3.76. The standard InChI is InChI=1S/C32H50O5/c1-18-16-21(27(29(5,6)35)36-19(2)33)37-22-17-32(9)20(26(18)22)10-11-24-30(7)14-13-25(34)28(3,4)23(30)12-15-31(24,32)8/h18,21-24,27,35H,10-17H2,1-9H3/t18-,21+,22+,23+,24+,27-,30+,31+,32+/m1/s1. The van der Waals surface area contributed by atoms with Gasteiger partial charge in [-0.25, -0.2) is 0 Å². The monoisotopic (exact) mass is 514 g/mol. The van der Waals surface area contributed by atoms with Gasteiger partial charge in [0.2, 0.25) is 0 Å². The highest BCUT2D eigenvalue weighted by atomic mass is 16.6. The van der Waals surface area contributed by atoms with Crippen molar-refractivity contribution in [2.75, 3.05) is 0 Å². The number of hydrogen-bond acceptors (Lipinski definition) is 5. The minimum atomic E-state index is -1.18. The minimum Gasteiger partial charge on any atom is -0.457 e. The molecule has 0 unspecified atom stereocenters. The van der Waals surface area contributed by atoms with Gasteiger partial charge in [-0.2, -0.15) is 0 Å². The lowest BCUT2D eigenvalue weighted by Crippen LogP contribution is -2.62. The maximum Gasteiger partial charge on any atom is 0.303 e. The van der Waals surface area contributed by atoms with Crippen molar-refractivity contribution in [1.82, 2.24) is 0 Å². The van der Waals surface area contributed by atoms with E-state index in [0.717, 1.165) is 44.9 Å². The predicted octanol–water partition coefficient (Wildman–Crippen LogP) is 6.41. The first-order valence-electron chi connectivity index (χ1n) is 14.8. The van der Waals surface area contributed by atoms with Crippen LogP contribution in [0.4, 0.5) is 0 Å². The lowest BCUT2D eigenvalue weighted by atomic mass is 9.36. The van der Waals surface area contributed by atoms with Crippen LogP contribution in [0.5, 0.6) is 0 Å². The van der Waals surface area contributed by atoms with E-state index in [9.17, 15) is 14.7 Å². The number of esters is 1. The van der Waals surface area contributed by atoms with Crippen LogP contribution in [0.2, 0.25) is 0 Å². The molecule has 0 bridgehead atoms. The molecule has 0 spiro atoms. The van der Waals surface area contributed by atoms with Crippen LogP contribution in [0, 0.1) is 39.4 Å². The Balaban J connectivity index is 1.48. The van der Waals surface area contributed by atoms with Gasteiger partial charge >= 0.3 is 5.97 Å². The van der Waals surface area contributed by atoms with Gasteiger partial charge in [-0.05, 0) is 98.4 Å². The minimum absolute atomic E-state index is 0.0136. The molecule has 5 aliphatic rings. The highest BCUT2D eigenvalue weighted by Gasteiger charge is 2.68. The second-order valence-electron chi connectivity index (χ2n) is 15.2. The van der Waals surface area contributed by atoms with Gasteiger partial charge in [0.25, 0.3) is 0 Å². The number of carbonyl (C=O) groups excluding carboxylic acids is 2. The molecule has 5 nitrogen and oxygen atoms in total. The largest absolute Gasteiger partial charge is 0.457 e. The molecule has 0 amide bonds. The SMILES string of the molecule is CC(=O)O[C@H]([C@@H]1C[C@@H](C)C2=C3CC[C@H]4[C@@]5(C)CCC(=O)C(C)(C)[C@@H]5CC[C@]4(C)[C@@]3(C)C[C@@H]2O1)C(C)(C)O. The average molecular weight is 515 g/mol. The Morgan fingerprint density at radius 3 is 2.38 bits per heavy atom. The zero-order valence-electron chi connectivity index (χ0n) is 24.7. The summed E-state index contributed by atoms with van der Waals surface area (Å²) < 4.78 is 12.4. The Kier molecular flexibility index (Phi) is 6.21. The molecule has 37 heavy (non-hydrogen) atoms. The Labute approximate surface area is 224 Å². The van der Waals surface area contributed by atoms with Crippen molar-refractivity contribution in [3.8, 4) is 0 Å². The predicted molar refractivity (Wildman–Crippen MR) is 144 cm³/mol. The topological polar surface area (TPSA) is 72.8 Å². The molecule has 1 aliphatic heterocycles. The summed E-state index contributed by atoms with van der Waals surface area (Å²) in [6, 6.07) is 0. The van der Waals surface area contributed by atoms with E-state index < -0.39 is 11.7 Å². The molecule has 208 valence electrons. The highest BCUT2D eigenvalue weighted by molar-refractivity contribution is 5.85. The number of ether oxygens (including phenoxy) is 2. The molecule has 5 rings (SSSR count). The van der Waals surface area contributed by atoms with Gasteiger partial charge in [0.05, 0.1) is 17.8 Å². The van der Waals surface area contributed by atoms with E-state index in [1.54, 1.807) is 19.4 Å². The van der Waals surface area contributed by atoms with Crippen LogP contribution in [0.3, 0.4) is 0 Å². The first-order chi connectivity index (χ1) is 17.0. The summed E-state index contributed by atoms with van der Waals surface area (Å²) in [6.07, 6.45) is 7.07. The molecule has 0 radical (unpaired) electrons. The molecule has 4 fully saturated rings. The summed E-state index contributed by atoms with van der Waals surface area (Å²) in [7, 11) is 0. The second kappa shape index (κ2) is 8.40. The number of carbonyl (C=O) groups is 2. The molecule has 9 atom stereocenters. The Bertz CT molecular complexity index is 1020. The molecule has 1 saturated heterocycles. The number of aliphatic hydroxyl groups is 1. The maximum absolute atomic E-state index is 13.0. The van der Waals surface area contributed by atoms with Crippen molar-refractivity contribution in [1.29, 1.82) is 0 Å². The van der Waals surface area contributed by atoms with Gasteiger partial charge in [0.1, 0.15) is 5.78 Å². The summed E-state index contributed by atoms with van der Waals surface area (Å²) in [4.78, 5) is 24.9. The summed E-state index contributed by atoms with van der Waals surface area (Å²) in [5.74, 6) is 1.46. The van der Waals surface area contributed by atoms with Gasteiger partial charge in [0, 0.05) is 18.8 Å². The number of ketones is 1. The smallest absolute Gasteiger partial charge is 0.303 e. The van der Waals surface area contributed by atoms with Gasteiger partial charge < -0.3 is 14.6 Å². The number of allylic oxidation sites excluding steroid dienone is 1. The lowest BCUT2D eigenvalue weighted by molar-refractivity contribution is -0.196. The summed E-state index contributed by atoms with van der Waals surface area (Å²) in [5.41, 5.74) is 2.12. The lowest BCUT2D eigenvalue weighted by Gasteiger charge is -2.68. The molecule has 0 aromatic heterocycles. The molecule has 1 heterocycles. The fourth-order valence-electron chi connectivity index (χ4n) is 10.6. The van der Waals surface area contributed by atoms with E-state index in [1.807, 2.05) is 0 Å². The van der Waals surface area contributed by atoms with Crippen molar-refractivity contribution >= 4 is 11.8 Å². The quantitative estimate of drug-likeness (QED) is 0.348. The number of fused-ring (bicyclic) bond motifs is 6. The van der Waals surface area contributed by atoms with Crippen LogP contribution in [-0.2, 0) is 19.1 Å². The van der Waals surface area contributed by atoms with Gasteiger partial charge in [0.15, 0.2) is 6.10 Å². The van der Waals surface area contributed by atoms with Gasteiger partial charge in [-0.3, -0.25) is 9.59 Å². The molecule has 0 aromatic carbocycles. The van der Waals surface area contributed by atoms with Crippen molar-refractivity contribution < 1.29 is 24.2 Å². The van der Waals surface area contributed by atoms with E-state index in [2.05, 4.69) is 41.5 Å². The van der Waals surface area contributed by atoms with Crippen LogP contribution in [0.25, 0.3) is 0 Å². The Morgan fingerprint density at radius 1 is 1.08 bits per heavy atom. The van der Waals surface area contributed by atoms with Crippen LogP contribution in [0.1, 0.15) is 114 Å². The highest BCUT2D eigenvalue weighted by Crippen LogP contribution is 2.74. The van der Waals surface area contributed by atoms with Crippen LogP contribution >= 0.6 is 0 Å². The first kappa shape index (κ1) is 27.4. The van der Waals surface area contributed by atoms with E-state index >= 15 is 0 Å². The molecular weight excluding hydrogens is 464 g/mol. The molecule has 4 aliphatic carbocycles. The number of Topliss-reactive ketones (excluding diaryl/α,β-unsaturated/α-hetero) is 1. The average Bonchev–Trinajstić information content (AvgIpc) is 3.07. The van der Waals surface area contributed by atoms with Crippen molar-refractivity contribution in [3.63, 3.8) is 0 Å². The first-order valence-corrected chi connectivity index (χ1v) is 14.8. The third-order valence-electron chi connectivity index (χ3n) is 12.5. The number of rotatable bonds is 3. The molecule has 0 aromatic rings. The van der Waals surface area contributed by atoms with Crippen LogP contribution in [-0.4, -0.2) is 40.8 Å². The van der Waals surface area contributed by atoms with Crippen molar-refractivity contribution in [3.05, 3.63) is 11.1 Å². The van der Waals surface area contributed by atoms with E-state index in [4.69, 9.17) is 9.47 Å². The second-order valence-corrected chi connectivity index (χ2v) is 15.2. The van der Waals surface area contributed by atoms with Crippen LogP contribution < -0.4 is 0 Å². The zero-order valence-corrected chi connectivity index (χ0v) is 24.7. The normalized spacial score (nSPS) is 45.9.